The first-order chi connectivity index (χ1) is 19.5. The van der Waals surface area contributed by atoms with Gasteiger partial charge in [0.15, 0.2) is 5.58 Å². The second-order valence-corrected chi connectivity index (χ2v) is 10.5. The maximum atomic E-state index is 13.8. The number of methoxy groups -OCH3 is 1. The van der Waals surface area contributed by atoms with Crippen LogP contribution < -0.4 is 15.0 Å². The van der Waals surface area contributed by atoms with Crippen LogP contribution in [0.2, 0.25) is 0 Å². The number of carbonyl (C=O) groups is 1. The predicted molar refractivity (Wildman–Crippen MR) is 145 cm³/mol. The van der Waals surface area contributed by atoms with Crippen LogP contribution in [0.5, 0.6) is 5.75 Å². The molecule has 1 amide bonds. The molecule has 3 atom stereocenters. The minimum absolute atomic E-state index is 0.139. The van der Waals surface area contributed by atoms with Crippen LogP contribution in [0, 0.1) is 23.2 Å². The minimum atomic E-state index is -0.879. The summed E-state index contributed by atoms with van der Waals surface area (Å²) in [7, 11) is 1.53. The summed E-state index contributed by atoms with van der Waals surface area (Å²) in [5, 5.41) is 12.9. The van der Waals surface area contributed by atoms with E-state index in [9.17, 15) is 14.4 Å². The van der Waals surface area contributed by atoms with E-state index in [2.05, 4.69) is 21.4 Å². The highest BCUT2D eigenvalue weighted by atomic mass is 19.1. The van der Waals surface area contributed by atoms with Gasteiger partial charge in [-0.05, 0) is 30.2 Å². The van der Waals surface area contributed by atoms with Crippen molar-refractivity contribution in [2.75, 3.05) is 38.3 Å². The molecule has 10 heteroatoms. The third-order valence-electron chi connectivity index (χ3n) is 8.15. The largest absolute Gasteiger partial charge is 0.496 e. The second kappa shape index (κ2) is 9.61. The number of carbonyl (C=O) groups excluding carboxylic acids is 1. The first-order valence-electron chi connectivity index (χ1n) is 13.3. The van der Waals surface area contributed by atoms with Crippen LogP contribution in [0.25, 0.3) is 33.6 Å². The number of amides is 1. The van der Waals surface area contributed by atoms with E-state index in [1.165, 1.54) is 7.11 Å². The van der Waals surface area contributed by atoms with E-state index in [4.69, 9.17) is 13.9 Å². The first kappa shape index (κ1) is 24.5. The number of aromatic nitrogens is 2. The topological polar surface area (TPSA) is 114 Å². The van der Waals surface area contributed by atoms with E-state index in [0.29, 0.717) is 78.3 Å². The molecule has 1 aromatic carbocycles. The summed E-state index contributed by atoms with van der Waals surface area (Å²) in [5.41, 5.74) is 4.79. The lowest BCUT2D eigenvalue weighted by atomic mass is 10.0. The van der Waals surface area contributed by atoms with Crippen LogP contribution in [0.4, 0.5) is 10.1 Å². The molecule has 0 radical (unpaired) electrons. The van der Waals surface area contributed by atoms with Crippen LogP contribution in [0.15, 0.2) is 53.2 Å². The molecule has 1 saturated carbocycles. The quantitative estimate of drug-likeness (QED) is 0.385. The first-order valence-corrected chi connectivity index (χ1v) is 13.3. The van der Waals surface area contributed by atoms with E-state index >= 15 is 0 Å². The van der Waals surface area contributed by atoms with Crippen molar-refractivity contribution in [3.8, 4) is 34.3 Å². The Morgan fingerprint density at radius 2 is 2.02 bits per heavy atom. The number of furan rings is 1. The van der Waals surface area contributed by atoms with E-state index in [1.54, 1.807) is 30.6 Å². The number of alkyl halides is 1. The van der Waals surface area contributed by atoms with Crippen LogP contribution >= 0.6 is 0 Å². The van der Waals surface area contributed by atoms with Crippen molar-refractivity contribution in [2.45, 2.75) is 18.6 Å². The van der Waals surface area contributed by atoms with Crippen molar-refractivity contribution in [2.24, 2.45) is 11.8 Å². The number of benzene rings is 1. The van der Waals surface area contributed by atoms with E-state index < -0.39 is 6.17 Å². The lowest BCUT2D eigenvalue weighted by molar-refractivity contribution is 0.0923. The van der Waals surface area contributed by atoms with Crippen molar-refractivity contribution in [3.63, 3.8) is 0 Å². The average molecular weight is 540 g/mol. The van der Waals surface area contributed by atoms with Crippen LogP contribution in [0.3, 0.4) is 0 Å². The van der Waals surface area contributed by atoms with Gasteiger partial charge in [-0.3, -0.25) is 14.8 Å². The van der Waals surface area contributed by atoms with E-state index in [0.717, 1.165) is 16.8 Å². The SMILES string of the molecule is COc1cc(C(=O)NC2C3COCC32)ncc1-c1cc2nccc(-c3ccc(N4CC[C@H](F)C4)c(C#N)c3)c2o1. The van der Waals surface area contributed by atoms with Gasteiger partial charge >= 0.3 is 0 Å². The van der Waals surface area contributed by atoms with Gasteiger partial charge in [0, 0.05) is 61.1 Å². The summed E-state index contributed by atoms with van der Waals surface area (Å²) in [5.74, 6) is 1.48. The maximum absolute atomic E-state index is 13.8. The third-order valence-corrected chi connectivity index (χ3v) is 8.15. The molecular formula is C30H26FN5O4. The van der Waals surface area contributed by atoms with Gasteiger partial charge in [-0.15, -0.1) is 0 Å². The Morgan fingerprint density at radius 3 is 2.77 bits per heavy atom. The Kier molecular flexibility index (Phi) is 5.90. The summed E-state index contributed by atoms with van der Waals surface area (Å²) in [6.45, 7) is 2.26. The summed E-state index contributed by atoms with van der Waals surface area (Å²) in [4.78, 5) is 23.6. The normalized spacial score (nSPS) is 23.2. The molecule has 4 aromatic rings. The number of pyridine rings is 2. The van der Waals surface area contributed by atoms with Crippen LogP contribution in [-0.2, 0) is 4.74 Å². The van der Waals surface area contributed by atoms with Gasteiger partial charge in [0.2, 0.25) is 0 Å². The van der Waals surface area contributed by atoms with Gasteiger partial charge in [-0.25, -0.2) is 4.39 Å². The Balaban J connectivity index is 1.19. The summed E-state index contributed by atoms with van der Waals surface area (Å²) >= 11 is 0. The van der Waals surface area contributed by atoms with Crippen LogP contribution in [0.1, 0.15) is 22.5 Å². The number of fused-ring (bicyclic) bond motifs is 2. The zero-order valence-corrected chi connectivity index (χ0v) is 21.8. The number of anilines is 1. The number of hydrogen-bond acceptors (Lipinski definition) is 8. The van der Waals surface area contributed by atoms with Crippen molar-refractivity contribution < 1.29 is 23.1 Å². The minimum Gasteiger partial charge on any atom is -0.496 e. The highest BCUT2D eigenvalue weighted by Crippen LogP contribution is 2.44. The fourth-order valence-electron chi connectivity index (χ4n) is 5.90. The molecular weight excluding hydrogens is 513 g/mol. The molecule has 3 fully saturated rings. The molecule has 40 heavy (non-hydrogen) atoms. The maximum Gasteiger partial charge on any atom is 0.270 e. The van der Waals surface area contributed by atoms with Gasteiger partial charge in [0.25, 0.3) is 5.91 Å². The predicted octanol–water partition coefficient (Wildman–Crippen LogP) is 4.36. The summed E-state index contributed by atoms with van der Waals surface area (Å²) in [6.07, 6.45) is 2.84. The molecule has 2 aliphatic heterocycles. The fourth-order valence-corrected chi connectivity index (χ4v) is 5.90. The molecule has 0 spiro atoms. The fraction of sp³-hybridized carbons (Fsp3) is 0.333. The number of ether oxygens (including phenoxy) is 2. The summed E-state index contributed by atoms with van der Waals surface area (Å²) < 4.78 is 31.1. The second-order valence-electron chi connectivity index (χ2n) is 10.5. The molecule has 0 bridgehead atoms. The Labute approximate surface area is 229 Å². The number of halogens is 1. The molecule has 2 saturated heterocycles. The van der Waals surface area contributed by atoms with Crippen molar-refractivity contribution >= 4 is 22.7 Å². The lowest BCUT2D eigenvalue weighted by Gasteiger charge is -2.19. The van der Waals surface area contributed by atoms with Gasteiger partial charge < -0.3 is 24.1 Å². The monoisotopic (exact) mass is 539 g/mol. The molecule has 9 nitrogen and oxygen atoms in total. The van der Waals surface area contributed by atoms with Crippen LogP contribution in [-0.4, -0.2) is 61.5 Å². The number of rotatable bonds is 6. The molecule has 3 aromatic heterocycles. The number of nitrogens with one attached hydrogen (secondary N) is 1. The molecule has 202 valence electrons. The van der Waals surface area contributed by atoms with Gasteiger partial charge in [0.05, 0.1) is 37.1 Å². The number of nitrogens with zero attached hydrogens (tertiary/aromatic N) is 4. The number of nitriles is 1. The zero-order valence-electron chi connectivity index (χ0n) is 21.8. The molecule has 5 heterocycles. The average Bonchev–Trinajstić information content (AvgIpc) is 3.46. The Bertz CT molecular complexity index is 1670. The van der Waals surface area contributed by atoms with Crippen molar-refractivity contribution in [3.05, 3.63) is 60.0 Å². The van der Waals surface area contributed by atoms with E-state index in [-0.39, 0.29) is 17.6 Å². The van der Waals surface area contributed by atoms with Gasteiger partial charge in [0.1, 0.15) is 35.0 Å². The molecule has 3 aliphatic rings. The molecule has 1 aliphatic carbocycles. The van der Waals surface area contributed by atoms with Crippen molar-refractivity contribution in [1.29, 1.82) is 5.26 Å². The standard InChI is InChI=1S/C30H26FN5O4/c1-38-26-10-24(30(37)35-28-21-14-39-15-22(21)28)34-12-20(26)27-9-23-29(40-27)19(4-6-33-23)16-2-3-25(17(8-16)11-32)36-7-5-18(31)13-36/h2-4,6,8-10,12,18,21-22,28H,5,7,13-15H2,1H3,(H,35,37)/t18-,21?,22?,28?/m0/s1. The highest BCUT2D eigenvalue weighted by Gasteiger charge is 2.54. The zero-order chi connectivity index (χ0) is 27.4. The number of hydrogen-bond donors (Lipinski definition) is 1. The van der Waals surface area contributed by atoms with Gasteiger partial charge in [-0.1, -0.05) is 6.07 Å². The van der Waals surface area contributed by atoms with Gasteiger partial charge in [-0.2, -0.15) is 5.26 Å². The summed E-state index contributed by atoms with van der Waals surface area (Å²) in [6, 6.07) is 13.2. The third kappa shape index (κ3) is 4.14. The Morgan fingerprint density at radius 1 is 1.18 bits per heavy atom. The van der Waals surface area contributed by atoms with Crippen molar-refractivity contribution in [1.82, 2.24) is 15.3 Å². The van der Waals surface area contributed by atoms with E-state index in [1.807, 2.05) is 23.1 Å². The molecule has 7 rings (SSSR count). The lowest BCUT2D eigenvalue weighted by Crippen LogP contribution is -2.30. The Hall–Kier alpha value is -4.49. The highest BCUT2D eigenvalue weighted by molar-refractivity contribution is 5.95. The molecule has 2 unspecified atom stereocenters. The molecule has 1 N–H and O–H groups in total. The smallest absolute Gasteiger partial charge is 0.270 e.